The standard InChI is InChI=1S/C12H24O2/c1-7-8-9-12(5,6)10(13)14-11(2,3)4/h7-9H2,1-6H3. The number of unbranched alkanes of at least 4 members (excludes halogenated alkanes) is 1. The largest absolute Gasteiger partial charge is 0.460 e. The van der Waals surface area contributed by atoms with E-state index in [2.05, 4.69) is 6.92 Å². The van der Waals surface area contributed by atoms with Crippen LogP contribution in [0.15, 0.2) is 0 Å². The highest BCUT2D eigenvalue weighted by Crippen LogP contribution is 2.27. The van der Waals surface area contributed by atoms with Gasteiger partial charge in [0.2, 0.25) is 0 Å². The lowest BCUT2D eigenvalue weighted by Crippen LogP contribution is -2.33. The van der Waals surface area contributed by atoms with Crippen LogP contribution in [0.2, 0.25) is 0 Å². The van der Waals surface area contributed by atoms with Crippen LogP contribution in [0.25, 0.3) is 0 Å². The van der Waals surface area contributed by atoms with Gasteiger partial charge in [-0.05, 0) is 41.0 Å². The summed E-state index contributed by atoms with van der Waals surface area (Å²) >= 11 is 0. The summed E-state index contributed by atoms with van der Waals surface area (Å²) in [6.45, 7) is 11.8. The maximum absolute atomic E-state index is 11.8. The summed E-state index contributed by atoms with van der Waals surface area (Å²) in [5.41, 5.74) is -0.718. The summed E-state index contributed by atoms with van der Waals surface area (Å²) in [5.74, 6) is -0.0848. The van der Waals surface area contributed by atoms with E-state index >= 15 is 0 Å². The molecule has 2 nitrogen and oxygen atoms in total. The molecule has 0 amide bonds. The zero-order valence-electron chi connectivity index (χ0n) is 10.4. The summed E-state index contributed by atoms with van der Waals surface area (Å²) in [6, 6.07) is 0. The lowest BCUT2D eigenvalue weighted by molar-refractivity contribution is -0.166. The lowest BCUT2D eigenvalue weighted by atomic mass is 9.87. The normalized spacial score (nSPS) is 12.7. The Labute approximate surface area is 88.0 Å². The van der Waals surface area contributed by atoms with Crippen molar-refractivity contribution < 1.29 is 9.53 Å². The number of hydrogen-bond acceptors (Lipinski definition) is 2. The molecule has 0 aliphatic carbocycles. The molecule has 0 saturated carbocycles. The molecule has 0 heterocycles. The van der Waals surface area contributed by atoms with Crippen molar-refractivity contribution in [3.63, 3.8) is 0 Å². The third-order valence-corrected chi connectivity index (χ3v) is 2.11. The zero-order valence-corrected chi connectivity index (χ0v) is 10.4. The van der Waals surface area contributed by atoms with Gasteiger partial charge in [-0.25, -0.2) is 0 Å². The summed E-state index contributed by atoms with van der Waals surface area (Å²) in [6.07, 6.45) is 3.09. The Hall–Kier alpha value is -0.530. The van der Waals surface area contributed by atoms with E-state index < -0.39 is 0 Å². The molecule has 0 aromatic rings. The second kappa shape index (κ2) is 4.81. The van der Waals surface area contributed by atoms with E-state index in [1.165, 1.54) is 0 Å². The second-order valence-electron chi connectivity index (χ2n) is 5.49. The first-order chi connectivity index (χ1) is 6.19. The van der Waals surface area contributed by atoms with Crippen molar-refractivity contribution in [1.82, 2.24) is 0 Å². The average molecular weight is 200 g/mol. The Balaban J connectivity index is 4.21. The summed E-state index contributed by atoms with van der Waals surface area (Å²) in [4.78, 5) is 11.8. The van der Waals surface area contributed by atoms with E-state index in [1.807, 2.05) is 34.6 Å². The number of carbonyl (C=O) groups excluding carboxylic acids is 1. The van der Waals surface area contributed by atoms with Crippen LogP contribution in [0.1, 0.15) is 60.8 Å². The monoisotopic (exact) mass is 200 g/mol. The van der Waals surface area contributed by atoms with Gasteiger partial charge in [0.25, 0.3) is 0 Å². The molecule has 2 heteroatoms. The van der Waals surface area contributed by atoms with Gasteiger partial charge in [0.1, 0.15) is 5.60 Å². The molecule has 0 spiro atoms. The van der Waals surface area contributed by atoms with E-state index in [1.54, 1.807) is 0 Å². The SMILES string of the molecule is CCCCC(C)(C)C(=O)OC(C)(C)C. The molecule has 0 aliphatic heterocycles. The highest BCUT2D eigenvalue weighted by molar-refractivity contribution is 5.76. The van der Waals surface area contributed by atoms with Gasteiger partial charge in [0.15, 0.2) is 0 Å². The van der Waals surface area contributed by atoms with E-state index in [9.17, 15) is 4.79 Å². The zero-order chi connectivity index (χ0) is 11.4. The molecular formula is C12H24O2. The van der Waals surface area contributed by atoms with E-state index in [0.29, 0.717) is 0 Å². The molecule has 0 bridgehead atoms. The minimum absolute atomic E-state index is 0.0848. The van der Waals surface area contributed by atoms with Gasteiger partial charge < -0.3 is 4.74 Å². The number of ether oxygens (including phenoxy) is 1. The van der Waals surface area contributed by atoms with Crippen LogP contribution in [-0.4, -0.2) is 11.6 Å². The number of hydrogen-bond donors (Lipinski definition) is 0. The molecule has 0 unspecified atom stereocenters. The van der Waals surface area contributed by atoms with Crippen LogP contribution in [-0.2, 0) is 9.53 Å². The van der Waals surface area contributed by atoms with Crippen molar-refractivity contribution in [2.75, 3.05) is 0 Å². The van der Waals surface area contributed by atoms with Crippen molar-refractivity contribution in [3.8, 4) is 0 Å². The van der Waals surface area contributed by atoms with Crippen molar-refractivity contribution in [1.29, 1.82) is 0 Å². The molecule has 0 rings (SSSR count). The van der Waals surface area contributed by atoms with Gasteiger partial charge in [0, 0.05) is 0 Å². The van der Waals surface area contributed by atoms with E-state index in [4.69, 9.17) is 4.74 Å². The van der Waals surface area contributed by atoms with Gasteiger partial charge in [-0.2, -0.15) is 0 Å². The highest BCUT2D eigenvalue weighted by Gasteiger charge is 2.31. The Morgan fingerprint density at radius 2 is 1.64 bits per heavy atom. The minimum atomic E-state index is -0.374. The predicted molar refractivity (Wildman–Crippen MR) is 59.2 cm³/mol. The molecule has 0 aromatic heterocycles. The van der Waals surface area contributed by atoms with Crippen molar-refractivity contribution in [2.24, 2.45) is 5.41 Å². The fraction of sp³-hybridized carbons (Fsp3) is 0.917. The Kier molecular flexibility index (Phi) is 4.63. The fourth-order valence-corrected chi connectivity index (χ4v) is 1.14. The summed E-state index contributed by atoms with van der Waals surface area (Å²) in [7, 11) is 0. The molecule has 84 valence electrons. The smallest absolute Gasteiger partial charge is 0.312 e. The first-order valence-electron chi connectivity index (χ1n) is 5.42. The molecule has 0 N–H and O–H groups in total. The molecular weight excluding hydrogens is 176 g/mol. The van der Waals surface area contributed by atoms with Crippen molar-refractivity contribution in [2.45, 2.75) is 66.4 Å². The van der Waals surface area contributed by atoms with Crippen LogP contribution < -0.4 is 0 Å². The van der Waals surface area contributed by atoms with Crippen molar-refractivity contribution in [3.05, 3.63) is 0 Å². The van der Waals surface area contributed by atoms with Crippen LogP contribution in [0.5, 0.6) is 0 Å². The summed E-state index contributed by atoms with van der Waals surface area (Å²) < 4.78 is 5.36. The van der Waals surface area contributed by atoms with Crippen LogP contribution in [0.3, 0.4) is 0 Å². The van der Waals surface area contributed by atoms with Gasteiger partial charge in [-0.15, -0.1) is 0 Å². The van der Waals surface area contributed by atoms with E-state index in [0.717, 1.165) is 19.3 Å². The highest BCUT2D eigenvalue weighted by atomic mass is 16.6. The summed E-state index contributed by atoms with van der Waals surface area (Å²) in [5, 5.41) is 0. The molecule has 0 fully saturated rings. The topological polar surface area (TPSA) is 26.3 Å². The first-order valence-corrected chi connectivity index (χ1v) is 5.42. The number of carbonyl (C=O) groups is 1. The van der Waals surface area contributed by atoms with Crippen LogP contribution >= 0.6 is 0 Å². The second-order valence-corrected chi connectivity index (χ2v) is 5.49. The Morgan fingerprint density at radius 3 is 2.00 bits per heavy atom. The fourth-order valence-electron chi connectivity index (χ4n) is 1.14. The molecule has 0 atom stereocenters. The predicted octanol–water partition coefficient (Wildman–Crippen LogP) is 3.54. The Morgan fingerprint density at radius 1 is 1.14 bits per heavy atom. The molecule has 0 aliphatic rings. The van der Waals surface area contributed by atoms with Gasteiger partial charge >= 0.3 is 5.97 Å². The molecule has 0 saturated heterocycles. The first kappa shape index (κ1) is 13.5. The Bertz CT molecular complexity index is 187. The minimum Gasteiger partial charge on any atom is -0.460 e. The lowest BCUT2D eigenvalue weighted by Gasteiger charge is -2.28. The molecule has 14 heavy (non-hydrogen) atoms. The van der Waals surface area contributed by atoms with E-state index in [-0.39, 0.29) is 17.0 Å². The maximum Gasteiger partial charge on any atom is 0.312 e. The van der Waals surface area contributed by atoms with Crippen LogP contribution in [0, 0.1) is 5.41 Å². The maximum atomic E-state index is 11.8. The number of esters is 1. The van der Waals surface area contributed by atoms with Crippen LogP contribution in [0.4, 0.5) is 0 Å². The van der Waals surface area contributed by atoms with Gasteiger partial charge in [-0.1, -0.05) is 19.8 Å². The van der Waals surface area contributed by atoms with Gasteiger partial charge in [0.05, 0.1) is 5.41 Å². The molecule has 0 radical (unpaired) electrons. The van der Waals surface area contributed by atoms with Gasteiger partial charge in [-0.3, -0.25) is 4.79 Å². The third-order valence-electron chi connectivity index (χ3n) is 2.11. The number of rotatable bonds is 4. The quantitative estimate of drug-likeness (QED) is 0.649. The molecule has 0 aromatic carbocycles. The average Bonchev–Trinajstić information content (AvgIpc) is 1.97. The van der Waals surface area contributed by atoms with Crippen molar-refractivity contribution >= 4 is 5.97 Å². The third kappa shape index (κ3) is 5.25.